The Hall–Kier alpha value is -2.47. The van der Waals surface area contributed by atoms with Gasteiger partial charge in [0.1, 0.15) is 5.82 Å². The first-order valence-electron chi connectivity index (χ1n) is 7.80. The summed E-state index contributed by atoms with van der Waals surface area (Å²) in [5.74, 6) is 0.950. The standard InChI is InChI=1S/C18H16BrN5/c1-2-24-17-8-15(19)3-4-16(17)22-18(24)14-7-13(9-21-10-14)11-23-6-5-20-12-23/h3-10,12H,2,11H2,1H3. The highest BCUT2D eigenvalue weighted by atomic mass is 79.9. The molecule has 0 aliphatic carbocycles. The van der Waals surface area contributed by atoms with E-state index in [0.29, 0.717) is 0 Å². The van der Waals surface area contributed by atoms with Crippen LogP contribution in [0.5, 0.6) is 0 Å². The van der Waals surface area contributed by atoms with E-state index in [4.69, 9.17) is 4.98 Å². The van der Waals surface area contributed by atoms with E-state index >= 15 is 0 Å². The Bertz CT molecular complexity index is 988. The van der Waals surface area contributed by atoms with Gasteiger partial charge in [-0.1, -0.05) is 15.9 Å². The molecule has 0 bridgehead atoms. The number of imidazole rings is 2. The molecule has 120 valence electrons. The molecule has 0 amide bonds. The first-order valence-corrected chi connectivity index (χ1v) is 8.59. The second-order valence-corrected chi connectivity index (χ2v) is 6.55. The van der Waals surface area contributed by atoms with Gasteiger partial charge in [0.05, 0.1) is 23.9 Å². The molecule has 4 aromatic rings. The van der Waals surface area contributed by atoms with Crippen LogP contribution in [0.15, 0.2) is 59.9 Å². The van der Waals surface area contributed by atoms with Gasteiger partial charge in [0.25, 0.3) is 0 Å². The molecule has 3 heterocycles. The largest absolute Gasteiger partial charge is 0.333 e. The van der Waals surface area contributed by atoms with Crippen molar-refractivity contribution in [1.29, 1.82) is 0 Å². The third-order valence-electron chi connectivity index (χ3n) is 4.00. The van der Waals surface area contributed by atoms with Crippen molar-refractivity contribution in [2.45, 2.75) is 20.0 Å². The fraction of sp³-hybridized carbons (Fsp3) is 0.167. The Morgan fingerprint density at radius 2 is 2.04 bits per heavy atom. The number of halogens is 1. The van der Waals surface area contributed by atoms with Gasteiger partial charge in [-0.15, -0.1) is 0 Å². The summed E-state index contributed by atoms with van der Waals surface area (Å²) in [6, 6.07) is 8.32. The number of aromatic nitrogens is 5. The first-order chi connectivity index (χ1) is 11.7. The van der Waals surface area contributed by atoms with Crippen molar-refractivity contribution in [3.05, 3.63) is 65.4 Å². The zero-order valence-electron chi connectivity index (χ0n) is 13.2. The minimum atomic E-state index is 0.749. The third kappa shape index (κ3) is 2.73. The number of hydrogen-bond acceptors (Lipinski definition) is 3. The van der Waals surface area contributed by atoms with Gasteiger partial charge in [0.2, 0.25) is 0 Å². The average molecular weight is 382 g/mol. The zero-order chi connectivity index (χ0) is 16.5. The smallest absolute Gasteiger partial charge is 0.142 e. The van der Waals surface area contributed by atoms with E-state index in [1.165, 1.54) is 0 Å². The summed E-state index contributed by atoms with van der Waals surface area (Å²) in [6.45, 7) is 3.74. The van der Waals surface area contributed by atoms with E-state index in [-0.39, 0.29) is 0 Å². The average Bonchev–Trinajstić information content (AvgIpc) is 3.22. The molecule has 0 atom stereocenters. The first kappa shape index (κ1) is 15.1. The van der Waals surface area contributed by atoms with Crippen LogP contribution in [0.25, 0.3) is 22.4 Å². The highest BCUT2D eigenvalue weighted by molar-refractivity contribution is 9.10. The molecular weight excluding hydrogens is 366 g/mol. The van der Waals surface area contributed by atoms with Crippen LogP contribution in [-0.2, 0) is 13.1 Å². The summed E-state index contributed by atoms with van der Waals surface area (Å²) in [7, 11) is 0. The predicted molar refractivity (Wildman–Crippen MR) is 97.7 cm³/mol. The van der Waals surface area contributed by atoms with Gasteiger partial charge in [-0.05, 0) is 36.8 Å². The van der Waals surface area contributed by atoms with Gasteiger partial charge >= 0.3 is 0 Å². The molecule has 0 saturated heterocycles. The second kappa shape index (κ2) is 6.20. The van der Waals surface area contributed by atoms with Crippen molar-refractivity contribution in [3.63, 3.8) is 0 Å². The van der Waals surface area contributed by atoms with Crippen molar-refractivity contribution in [3.8, 4) is 11.4 Å². The Balaban J connectivity index is 1.79. The highest BCUT2D eigenvalue weighted by Crippen LogP contribution is 2.27. The summed E-state index contributed by atoms with van der Waals surface area (Å²) in [5.41, 5.74) is 4.28. The number of aryl methyl sites for hydroxylation is 1. The van der Waals surface area contributed by atoms with Crippen molar-refractivity contribution in [2.24, 2.45) is 0 Å². The van der Waals surface area contributed by atoms with Crippen LogP contribution in [0.1, 0.15) is 12.5 Å². The SMILES string of the molecule is CCn1c(-c2cncc(Cn3ccnc3)c2)nc2ccc(Br)cc21. The number of rotatable bonds is 4. The molecular formula is C18H16BrN5. The number of nitrogens with zero attached hydrogens (tertiary/aromatic N) is 5. The van der Waals surface area contributed by atoms with Crippen LogP contribution in [0.3, 0.4) is 0 Å². The van der Waals surface area contributed by atoms with Gasteiger partial charge in [-0.3, -0.25) is 4.98 Å². The molecule has 0 aliphatic rings. The summed E-state index contributed by atoms with van der Waals surface area (Å²) in [4.78, 5) is 13.3. The van der Waals surface area contributed by atoms with E-state index in [9.17, 15) is 0 Å². The fourth-order valence-electron chi connectivity index (χ4n) is 2.92. The number of fused-ring (bicyclic) bond motifs is 1. The third-order valence-corrected chi connectivity index (χ3v) is 4.50. The number of hydrogen-bond donors (Lipinski definition) is 0. The molecule has 24 heavy (non-hydrogen) atoms. The summed E-state index contributed by atoms with van der Waals surface area (Å²) >= 11 is 3.54. The van der Waals surface area contributed by atoms with Crippen LogP contribution >= 0.6 is 15.9 Å². The molecule has 0 unspecified atom stereocenters. The highest BCUT2D eigenvalue weighted by Gasteiger charge is 2.12. The van der Waals surface area contributed by atoms with Gasteiger partial charge in [-0.25, -0.2) is 9.97 Å². The lowest BCUT2D eigenvalue weighted by Gasteiger charge is -2.08. The topological polar surface area (TPSA) is 48.5 Å². The fourth-order valence-corrected chi connectivity index (χ4v) is 3.27. The number of pyridine rings is 1. The Labute approximate surface area is 148 Å². The normalized spacial score (nSPS) is 11.2. The number of benzene rings is 1. The van der Waals surface area contributed by atoms with Gasteiger partial charge < -0.3 is 9.13 Å². The van der Waals surface area contributed by atoms with Crippen LogP contribution in [-0.4, -0.2) is 24.1 Å². The maximum absolute atomic E-state index is 4.82. The molecule has 0 spiro atoms. The molecule has 6 heteroatoms. The Morgan fingerprint density at radius 3 is 2.83 bits per heavy atom. The molecule has 0 aliphatic heterocycles. The molecule has 4 rings (SSSR count). The van der Waals surface area contributed by atoms with Crippen molar-refractivity contribution < 1.29 is 0 Å². The summed E-state index contributed by atoms with van der Waals surface area (Å²) < 4.78 is 5.31. The van der Waals surface area contributed by atoms with Gasteiger partial charge in [0.15, 0.2) is 0 Å². The Kier molecular flexibility index (Phi) is 3.90. The summed E-state index contributed by atoms with van der Waals surface area (Å²) in [6.07, 6.45) is 9.31. The predicted octanol–water partition coefficient (Wildman–Crippen LogP) is 4.13. The summed E-state index contributed by atoms with van der Waals surface area (Å²) in [5, 5.41) is 0. The van der Waals surface area contributed by atoms with Crippen LogP contribution in [0, 0.1) is 0 Å². The zero-order valence-corrected chi connectivity index (χ0v) is 14.8. The van der Waals surface area contributed by atoms with Crippen molar-refractivity contribution in [2.75, 3.05) is 0 Å². The van der Waals surface area contributed by atoms with Gasteiger partial charge in [0, 0.05) is 41.4 Å². The quantitative estimate of drug-likeness (QED) is 0.533. The van der Waals surface area contributed by atoms with E-state index in [1.54, 1.807) is 6.20 Å². The van der Waals surface area contributed by atoms with E-state index in [0.717, 1.165) is 45.5 Å². The maximum atomic E-state index is 4.82. The molecule has 0 N–H and O–H groups in total. The van der Waals surface area contributed by atoms with Crippen LogP contribution in [0.4, 0.5) is 0 Å². The Morgan fingerprint density at radius 1 is 1.12 bits per heavy atom. The maximum Gasteiger partial charge on any atom is 0.142 e. The second-order valence-electron chi connectivity index (χ2n) is 5.63. The van der Waals surface area contributed by atoms with Crippen molar-refractivity contribution in [1.82, 2.24) is 24.1 Å². The molecule has 0 saturated carbocycles. The lowest BCUT2D eigenvalue weighted by atomic mass is 10.2. The molecule has 5 nitrogen and oxygen atoms in total. The van der Waals surface area contributed by atoms with E-state index < -0.39 is 0 Å². The van der Waals surface area contributed by atoms with Crippen molar-refractivity contribution >= 4 is 27.0 Å². The van der Waals surface area contributed by atoms with Crippen LogP contribution < -0.4 is 0 Å². The minimum absolute atomic E-state index is 0.749. The lowest BCUT2D eigenvalue weighted by molar-refractivity contribution is 0.786. The molecule has 1 aromatic carbocycles. The van der Waals surface area contributed by atoms with Crippen LogP contribution in [0.2, 0.25) is 0 Å². The molecule has 3 aromatic heterocycles. The lowest BCUT2D eigenvalue weighted by Crippen LogP contribution is -2.00. The van der Waals surface area contributed by atoms with E-state index in [1.807, 2.05) is 41.6 Å². The van der Waals surface area contributed by atoms with E-state index in [2.05, 4.69) is 49.5 Å². The molecule has 0 radical (unpaired) electrons. The molecule has 0 fully saturated rings. The van der Waals surface area contributed by atoms with Gasteiger partial charge in [-0.2, -0.15) is 0 Å². The minimum Gasteiger partial charge on any atom is -0.333 e. The monoisotopic (exact) mass is 381 g/mol.